The molecule has 1 aliphatic rings. The van der Waals surface area contributed by atoms with Gasteiger partial charge in [0.1, 0.15) is 11.4 Å². The standard InChI is InChI=1S/C12H19N5O/c1-12(2)10(18)16(4)7-8-17(12)9-5-6-14-11(13-3)15-9/h5-6H,7-8H2,1-4H3,(H,13,14,15). The molecule has 0 spiro atoms. The molecule has 0 saturated carbocycles. The molecule has 0 unspecified atom stereocenters. The highest BCUT2D eigenvalue weighted by Crippen LogP contribution is 2.27. The molecular formula is C12H19N5O. The molecule has 98 valence electrons. The molecule has 1 aromatic rings. The van der Waals surface area contributed by atoms with E-state index in [9.17, 15) is 4.79 Å². The van der Waals surface area contributed by atoms with Crippen molar-refractivity contribution in [1.82, 2.24) is 14.9 Å². The van der Waals surface area contributed by atoms with Crippen molar-refractivity contribution in [2.24, 2.45) is 0 Å². The molecule has 1 fully saturated rings. The van der Waals surface area contributed by atoms with Gasteiger partial charge in [0.25, 0.3) is 0 Å². The Balaban J connectivity index is 2.34. The molecule has 2 heterocycles. The van der Waals surface area contributed by atoms with E-state index in [1.165, 1.54) is 0 Å². The first-order valence-electron chi connectivity index (χ1n) is 6.01. The molecule has 0 aliphatic carbocycles. The Hall–Kier alpha value is -1.85. The van der Waals surface area contributed by atoms with E-state index in [-0.39, 0.29) is 5.91 Å². The van der Waals surface area contributed by atoms with Gasteiger partial charge in [0.2, 0.25) is 11.9 Å². The lowest BCUT2D eigenvalue weighted by atomic mass is 9.98. The molecule has 0 aromatic carbocycles. The van der Waals surface area contributed by atoms with Gasteiger partial charge in [-0.3, -0.25) is 4.79 Å². The van der Waals surface area contributed by atoms with Crippen LogP contribution in [0.1, 0.15) is 13.8 Å². The quantitative estimate of drug-likeness (QED) is 0.830. The minimum Gasteiger partial charge on any atom is -0.357 e. The maximum atomic E-state index is 12.2. The predicted molar refractivity (Wildman–Crippen MR) is 70.6 cm³/mol. The molecule has 6 nitrogen and oxygen atoms in total. The summed E-state index contributed by atoms with van der Waals surface area (Å²) in [7, 11) is 3.61. The number of carbonyl (C=O) groups is 1. The number of rotatable bonds is 2. The number of hydrogen-bond acceptors (Lipinski definition) is 5. The molecular weight excluding hydrogens is 230 g/mol. The van der Waals surface area contributed by atoms with E-state index in [1.807, 2.05) is 31.9 Å². The van der Waals surface area contributed by atoms with Crippen molar-refractivity contribution in [1.29, 1.82) is 0 Å². The first-order valence-corrected chi connectivity index (χ1v) is 6.01. The molecule has 2 rings (SSSR count). The highest BCUT2D eigenvalue weighted by atomic mass is 16.2. The first-order chi connectivity index (χ1) is 8.46. The molecule has 0 bridgehead atoms. The number of amides is 1. The van der Waals surface area contributed by atoms with Crippen molar-refractivity contribution in [2.45, 2.75) is 19.4 Å². The van der Waals surface area contributed by atoms with Gasteiger partial charge in [0.15, 0.2) is 0 Å². The van der Waals surface area contributed by atoms with E-state index in [4.69, 9.17) is 0 Å². The third-order valence-corrected chi connectivity index (χ3v) is 3.34. The van der Waals surface area contributed by atoms with Crippen molar-refractivity contribution in [2.75, 3.05) is 37.4 Å². The van der Waals surface area contributed by atoms with E-state index in [0.717, 1.165) is 12.4 Å². The van der Waals surface area contributed by atoms with Crippen LogP contribution in [-0.4, -0.2) is 53.5 Å². The first kappa shape index (κ1) is 12.6. The summed E-state index contributed by atoms with van der Waals surface area (Å²) in [5, 5.41) is 2.91. The predicted octanol–water partition coefficient (Wildman–Crippen LogP) is 0.575. The maximum Gasteiger partial charge on any atom is 0.247 e. The summed E-state index contributed by atoms with van der Waals surface area (Å²) >= 11 is 0. The fourth-order valence-electron chi connectivity index (χ4n) is 2.23. The molecule has 1 amide bonds. The number of anilines is 2. The topological polar surface area (TPSA) is 61.4 Å². The summed E-state index contributed by atoms with van der Waals surface area (Å²) in [6.07, 6.45) is 1.70. The molecule has 1 N–H and O–H groups in total. The summed E-state index contributed by atoms with van der Waals surface area (Å²) in [6.45, 7) is 5.33. The second kappa shape index (κ2) is 4.44. The van der Waals surface area contributed by atoms with Crippen molar-refractivity contribution in [3.8, 4) is 0 Å². The van der Waals surface area contributed by atoms with Crippen LogP contribution < -0.4 is 10.2 Å². The van der Waals surface area contributed by atoms with Gasteiger partial charge in [0, 0.05) is 33.4 Å². The Morgan fingerprint density at radius 1 is 1.39 bits per heavy atom. The molecule has 0 radical (unpaired) electrons. The number of nitrogens with zero attached hydrogens (tertiary/aromatic N) is 4. The Morgan fingerprint density at radius 3 is 2.78 bits per heavy atom. The van der Waals surface area contributed by atoms with Crippen molar-refractivity contribution in [3.63, 3.8) is 0 Å². The third kappa shape index (κ3) is 1.98. The Labute approximate surface area is 107 Å². The van der Waals surface area contributed by atoms with E-state index >= 15 is 0 Å². The van der Waals surface area contributed by atoms with E-state index < -0.39 is 5.54 Å². The zero-order chi connectivity index (χ0) is 13.3. The second-order valence-electron chi connectivity index (χ2n) is 4.93. The van der Waals surface area contributed by atoms with Gasteiger partial charge in [-0.05, 0) is 19.9 Å². The van der Waals surface area contributed by atoms with Gasteiger partial charge >= 0.3 is 0 Å². The van der Waals surface area contributed by atoms with Gasteiger partial charge in [-0.25, -0.2) is 4.98 Å². The largest absolute Gasteiger partial charge is 0.357 e. The maximum absolute atomic E-state index is 12.2. The van der Waals surface area contributed by atoms with Gasteiger partial charge in [-0.1, -0.05) is 0 Å². The van der Waals surface area contributed by atoms with Crippen LogP contribution in [0.2, 0.25) is 0 Å². The monoisotopic (exact) mass is 249 g/mol. The van der Waals surface area contributed by atoms with Gasteiger partial charge in [0.05, 0.1) is 0 Å². The fourth-order valence-corrected chi connectivity index (χ4v) is 2.23. The number of aromatic nitrogens is 2. The van der Waals surface area contributed by atoms with Crippen LogP contribution >= 0.6 is 0 Å². The average molecular weight is 249 g/mol. The smallest absolute Gasteiger partial charge is 0.247 e. The van der Waals surface area contributed by atoms with Crippen molar-refractivity contribution < 1.29 is 4.79 Å². The number of nitrogens with one attached hydrogen (secondary N) is 1. The van der Waals surface area contributed by atoms with Crippen LogP contribution in [-0.2, 0) is 4.79 Å². The van der Waals surface area contributed by atoms with Crippen LogP contribution in [0.4, 0.5) is 11.8 Å². The minimum absolute atomic E-state index is 0.110. The zero-order valence-corrected chi connectivity index (χ0v) is 11.3. The van der Waals surface area contributed by atoms with Crippen LogP contribution in [0, 0.1) is 0 Å². The van der Waals surface area contributed by atoms with E-state index in [2.05, 4.69) is 15.3 Å². The zero-order valence-electron chi connectivity index (χ0n) is 11.3. The second-order valence-corrected chi connectivity index (χ2v) is 4.93. The summed E-state index contributed by atoms with van der Waals surface area (Å²) in [6, 6.07) is 1.83. The summed E-state index contributed by atoms with van der Waals surface area (Å²) in [5.74, 6) is 1.45. The van der Waals surface area contributed by atoms with E-state index in [0.29, 0.717) is 12.5 Å². The van der Waals surface area contributed by atoms with E-state index in [1.54, 1.807) is 18.1 Å². The average Bonchev–Trinajstić information content (AvgIpc) is 2.36. The lowest BCUT2D eigenvalue weighted by Gasteiger charge is -2.45. The lowest BCUT2D eigenvalue weighted by molar-refractivity contribution is -0.136. The minimum atomic E-state index is -0.577. The molecule has 1 aliphatic heterocycles. The van der Waals surface area contributed by atoms with Gasteiger partial charge in [-0.2, -0.15) is 4.98 Å². The highest BCUT2D eigenvalue weighted by molar-refractivity contribution is 5.90. The summed E-state index contributed by atoms with van der Waals surface area (Å²) in [4.78, 5) is 24.5. The summed E-state index contributed by atoms with van der Waals surface area (Å²) in [5.41, 5.74) is -0.577. The van der Waals surface area contributed by atoms with Crippen LogP contribution in [0.3, 0.4) is 0 Å². The van der Waals surface area contributed by atoms with Crippen LogP contribution in [0.5, 0.6) is 0 Å². The Bertz CT molecular complexity index is 460. The summed E-state index contributed by atoms with van der Waals surface area (Å²) < 4.78 is 0. The SMILES string of the molecule is CNc1nccc(N2CCN(C)C(=O)C2(C)C)n1. The van der Waals surface area contributed by atoms with Crippen LogP contribution in [0.25, 0.3) is 0 Å². The highest BCUT2D eigenvalue weighted by Gasteiger charge is 2.41. The normalized spacial score (nSPS) is 19.0. The molecule has 0 atom stereocenters. The molecule has 1 saturated heterocycles. The number of carbonyl (C=O) groups excluding carboxylic acids is 1. The lowest BCUT2D eigenvalue weighted by Crippen LogP contribution is -2.62. The number of likely N-dealkylation sites (N-methyl/N-ethyl adjacent to an activating group) is 1. The molecule has 6 heteroatoms. The Morgan fingerprint density at radius 2 is 2.11 bits per heavy atom. The van der Waals surface area contributed by atoms with Gasteiger partial charge in [-0.15, -0.1) is 0 Å². The van der Waals surface area contributed by atoms with Crippen molar-refractivity contribution >= 4 is 17.7 Å². The fraction of sp³-hybridized carbons (Fsp3) is 0.583. The molecule has 1 aromatic heterocycles. The molecule has 18 heavy (non-hydrogen) atoms. The van der Waals surface area contributed by atoms with Crippen LogP contribution in [0.15, 0.2) is 12.3 Å². The number of hydrogen-bond donors (Lipinski definition) is 1. The van der Waals surface area contributed by atoms with Gasteiger partial charge < -0.3 is 15.1 Å². The Kier molecular flexibility index (Phi) is 3.11. The number of piperazine rings is 1. The third-order valence-electron chi connectivity index (χ3n) is 3.34. The van der Waals surface area contributed by atoms with Crippen molar-refractivity contribution in [3.05, 3.63) is 12.3 Å².